The molecule has 7 heteroatoms. The molecule has 0 aliphatic rings. The molecule has 0 saturated heterocycles. The number of urea groups is 1. The number of nitrogens with one attached hydrogen (secondary N) is 1. The summed E-state index contributed by atoms with van der Waals surface area (Å²) in [6.45, 7) is 3.29. The van der Waals surface area contributed by atoms with E-state index in [0.717, 1.165) is 10.9 Å². The summed E-state index contributed by atoms with van der Waals surface area (Å²) in [7, 11) is 0. The summed E-state index contributed by atoms with van der Waals surface area (Å²) >= 11 is 0. The predicted molar refractivity (Wildman–Crippen MR) is 77.9 cm³/mol. The molecule has 0 unspecified atom stereocenters. The first-order valence-corrected chi connectivity index (χ1v) is 6.63. The van der Waals surface area contributed by atoms with Crippen molar-refractivity contribution in [3.8, 4) is 0 Å². The van der Waals surface area contributed by atoms with Gasteiger partial charge in [-0.05, 0) is 25.5 Å². The summed E-state index contributed by atoms with van der Waals surface area (Å²) in [5.74, 6) is -1.37. The molecule has 1 heterocycles. The van der Waals surface area contributed by atoms with Crippen LogP contribution in [0.15, 0.2) is 28.9 Å². The zero-order valence-electron chi connectivity index (χ0n) is 12.2. The lowest BCUT2D eigenvalue weighted by Crippen LogP contribution is -2.42. The number of fused-ring (bicyclic) bond motifs is 1. The topological polar surface area (TPSA) is 112 Å². The summed E-state index contributed by atoms with van der Waals surface area (Å²) in [4.78, 5) is 33.9. The van der Waals surface area contributed by atoms with Gasteiger partial charge in [0, 0.05) is 10.9 Å². The molecule has 0 fully saturated rings. The standard InChI is InChI=1S/C15H16N2O5/c1-8-3-4-11-10(7-21-12(11)5-8)6-13(18)22-9(2)14(19)17-15(16)20/h3-5,7,9H,6H2,1-2H3,(H3,16,17,19,20)/t9-/m0/s1. The summed E-state index contributed by atoms with van der Waals surface area (Å²) in [5.41, 5.74) is 7.22. The molecule has 0 bridgehead atoms. The highest BCUT2D eigenvalue weighted by molar-refractivity contribution is 5.96. The van der Waals surface area contributed by atoms with Gasteiger partial charge in [-0.15, -0.1) is 0 Å². The minimum atomic E-state index is -1.11. The van der Waals surface area contributed by atoms with Crippen LogP contribution >= 0.6 is 0 Å². The van der Waals surface area contributed by atoms with Crippen molar-refractivity contribution in [1.82, 2.24) is 5.32 Å². The average Bonchev–Trinajstić information content (AvgIpc) is 2.80. The number of carbonyl (C=O) groups excluding carboxylic acids is 3. The summed E-state index contributed by atoms with van der Waals surface area (Å²) < 4.78 is 10.3. The molecule has 2 rings (SSSR count). The van der Waals surface area contributed by atoms with Crippen LogP contribution in [0.25, 0.3) is 11.0 Å². The molecule has 0 aliphatic heterocycles. The molecular weight excluding hydrogens is 288 g/mol. The van der Waals surface area contributed by atoms with Crippen molar-refractivity contribution in [3.05, 3.63) is 35.6 Å². The van der Waals surface area contributed by atoms with Crippen molar-refractivity contribution in [2.45, 2.75) is 26.4 Å². The molecule has 1 aromatic carbocycles. The van der Waals surface area contributed by atoms with Crippen molar-refractivity contribution in [2.75, 3.05) is 0 Å². The molecule has 0 spiro atoms. The molecule has 116 valence electrons. The van der Waals surface area contributed by atoms with Crippen LogP contribution in [-0.4, -0.2) is 24.0 Å². The second-order valence-electron chi connectivity index (χ2n) is 4.92. The maximum atomic E-state index is 11.9. The lowest BCUT2D eigenvalue weighted by atomic mass is 10.1. The van der Waals surface area contributed by atoms with E-state index in [0.29, 0.717) is 11.1 Å². The molecule has 1 atom stereocenters. The van der Waals surface area contributed by atoms with E-state index in [9.17, 15) is 14.4 Å². The number of nitrogens with two attached hydrogens (primary N) is 1. The van der Waals surface area contributed by atoms with Gasteiger partial charge < -0.3 is 14.9 Å². The maximum Gasteiger partial charge on any atom is 0.318 e. The number of hydrogen-bond acceptors (Lipinski definition) is 5. The highest BCUT2D eigenvalue weighted by Gasteiger charge is 2.20. The van der Waals surface area contributed by atoms with E-state index in [1.54, 1.807) is 0 Å². The Balaban J connectivity index is 2.02. The van der Waals surface area contributed by atoms with E-state index in [2.05, 4.69) is 0 Å². The maximum absolute atomic E-state index is 11.9. The molecule has 3 N–H and O–H groups in total. The lowest BCUT2D eigenvalue weighted by Gasteiger charge is -2.11. The molecular formula is C15H16N2O5. The van der Waals surface area contributed by atoms with Crippen LogP contribution in [-0.2, 0) is 20.7 Å². The zero-order chi connectivity index (χ0) is 16.3. The molecule has 2 aromatic rings. The number of ether oxygens (including phenoxy) is 1. The van der Waals surface area contributed by atoms with Crippen LogP contribution in [0, 0.1) is 6.92 Å². The zero-order valence-corrected chi connectivity index (χ0v) is 12.2. The Bertz CT molecular complexity index is 735. The fourth-order valence-corrected chi connectivity index (χ4v) is 2.00. The Labute approximate surface area is 126 Å². The van der Waals surface area contributed by atoms with Crippen molar-refractivity contribution in [2.24, 2.45) is 5.73 Å². The van der Waals surface area contributed by atoms with E-state index in [1.807, 2.05) is 30.4 Å². The quantitative estimate of drug-likeness (QED) is 0.829. The molecule has 0 saturated carbocycles. The third-order valence-electron chi connectivity index (χ3n) is 3.07. The number of benzene rings is 1. The molecule has 0 radical (unpaired) electrons. The SMILES string of the molecule is Cc1ccc2c(CC(=O)O[C@@H](C)C(=O)NC(N)=O)coc2c1. The Morgan fingerprint density at radius 3 is 2.77 bits per heavy atom. The minimum absolute atomic E-state index is 0.0374. The third-order valence-corrected chi connectivity index (χ3v) is 3.07. The first-order chi connectivity index (χ1) is 10.4. The van der Waals surface area contributed by atoms with Gasteiger partial charge >= 0.3 is 12.0 Å². The van der Waals surface area contributed by atoms with Gasteiger partial charge in [-0.1, -0.05) is 12.1 Å². The Morgan fingerprint density at radius 1 is 1.36 bits per heavy atom. The summed E-state index contributed by atoms with van der Waals surface area (Å²) in [6, 6.07) is 4.65. The number of furan rings is 1. The predicted octanol–water partition coefficient (Wildman–Crippen LogP) is 1.41. The second kappa shape index (κ2) is 6.30. The monoisotopic (exact) mass is 304 g/mol. The van der Waals surface area contributed by atoms with Gasteiger partial charge in [0.05, 0.1) is 12.7 Å². The van der Waals surface area contributed by atoms with Crippen molar-refractivity contribution < 1.29 is 23.5 Å². The number of amides is 3. The number of primary amides is 1. The van der Waals surface area contributed by atoms with E-state index >= 15 is 0 Å². The Kier molecular flexibility index (Phi) is 4.45. The number of esters is 1. The van der Waals surface area contributed by atoms with Crippen molar-refractivity contribution in [3.63, 3.8) is 0 Å². The number of aryl methyl sites for hydroxylation is 1. The Morgan fingerprint density at radius 2 is 2.09 bits per heavy atom. The van der Waals surface area contributed by atoms with E-state index < -0.39 is 24.0 Å². The van der Waals surface area contributed by atoms with Crippen LogP contribution in [0.5, 0.6) is 0 Å². The normalized spacial score (nSPS) is 11.9. The highest BCUT2D eigenvalue weighted by atomic mass is 16.5. The smallest absolute Gasteiger partial charge is 0.318 e. The van der Waals surface area contributed by atoms with E-state index in [1.165, 1.54) is 13.2 Å². The van der Waals surface area contributed by atoms with Crippen LogP contribution in [0.4, 0.5) is 4.79 Å². The fourth-order valence-electron chi connectivity index (χ4n) is 2.00. The van der Waals surface area contributed by atoms with E-state index in [4.69, 9.17) is 14.9 Å². The van der Waals surface area contributed by atoms with Gasteiger partial charge in [0.25, 0.3) is 5.91 Å². The summed E-state index contributed by atoms with van der Waals surface area (Å²) in [5, 5.41) is 2.66. The first-order valence-electron chi connectivity index (χ1n) is 6.63. The Hall–Kier alpha value is -2.83. The van der Waals surface area contributed by atoms with Crippen LogP contribution in [0.1, 0.15) is 18.1 Å². The fraction of sp³-hybridized carbons (Fsp3) is 0.267. The average molecular weight is 304 g/mol. The van der Waals surface area contributed by atoms with Crippen molar-refractivity contribution in [1.29, 1.82) is 0 Å². The number of rotatable bonds is 4. The molecule has 1 aromatic heterocycles. The van der Waals surface area contributed by atoms with Gasteiger partial charge in [-0.3, -0.25) is 14.9 Å². The number of hydrogen-bond donors (Lipinski definition) is 2. The second-order valence-corrected chi connectivity index (χ2v) is 4.92. The molecule has 22 heavy (non-hydrogen) atoms. The minimum Gasteiger partial charge on any atom is -0.464 e. The number of carbonyl (C=O) groups is 3. The largest absolute Gasteiger partial charge is 0.464 e. The van der Waals surface area contributed by atoms with Crippen LogP contribution in [0.2, 0.25) is 0 Å². The van der Waals surface area contributed by atoms with Gasteiger partial charge in [-0.2, -0.15) is 0 Å². The molecule has 3 amide bonds. The highest BCUT2D eigenvalue weighted by Crippen LogP contribution is 2.23. The number of imide groups is 1. The van der Waals surface area contributed by atoms with Crippen molar-refractivity contribution >= 4 is 28.9 Å². The van der Waals surface area contributed by atoms with Gasteiger partial charge in [0.15, 0.2) is 6.10 Å². The lowest BCUT2D eigenvalue weighted by molar-refractivity contribution is -0.153. The molecule has 7 nitrogen and oxygen atoms in total. The van der Waals surface area contributed by atoms with Gasteiger partial charge in [0.2, 0.25) is 0 Å². The van der Waals surface area contributed by atoms with Gasteiger partial charge in [0.1, 0.15) is 5.58 Å². The van der Waals surface area contributed by atoms with Gasteiger partial charge in [-0.25, -0.2) is 4.79 Å². The first kappa shape index (κ1) is 15.6. The van der Waals surface area contributed by atoms with Crippen LogP contribution in [0.3, 0.4) is 0 Å². The summed E-state index contributed by atoms with van der Waals surface area (Å²) in [6.07, 6.45) is 0.337. The van der Waals surface area contributed by atoms with Crippen LogP contribution < -0.4 is 11.1 Å². The third kappa shape index (κ3) is 3.63. The molecule has 0 aliphatic carbocycles. The van der Waals surface area contributed by atoms with E-state index in [-0.39, 0.29) is 6.42 Å².